The molecule has 31 heavy (non-hydrogen) atoms. The molecule has 0 aliphatic carbocycles. The smallest absolute Gasteiger partial charge is 0.227 e. The third kappa shape index (κ3) is 4.60. The average Bonchev–Trinajstić information content (AvgIpc) is 2.76. The summed E-state index contributed by atoms with van der Waals surface area (Å²) in [6, 6.07) is 12.1. The van der Waals surface area contributed by atoms with Gasteiger partial charge in [0.05, 0.1) is 44.5 Å². The van der Waals surface area contributed by atoms with Crippen LogP contribution in [0.3, 0.4) is 0 Å². The number of hydrogen-bond acceptors (Lipinski definition) is 5. The number of ether oxygens (including phenoxy) is 3. The summed E-state index contributed by atoms with van der Waals surface area (Å²) in [5, 5.41) is 0. The van der Waals surface area contributed by atoms with Gasteiger partial charge in [-0.15, -0.1) is 0 Å². The molecule has 5 rings (SSSR count). The van der Waals surface area contributed by atoms with Gasteiger partial charge in [0, 0.05) is 18.7 Å². The molecule has 3 aliphatic rings. The molecule has 1 amide bonds. The molecular formula is C25H30N2O4. The molecule has 6 nitrogen and oxygen atoms in total. The van der Waals surface area contributed by atoms with Crippen LogP contribution in [0.1, 0.15) is 41.8 Å². The van der Waals surface area contributed by atoms with Crippen molar-refractivity contribution in [2.75, 3.05) is 26.3 Å². The maximum atomic E-state index is 12.8. The van der Waals surface area contributed by atoms with E-state index in [1.54, 1.807) is 0 Å². The number of likely N-dealkylation sites (tertiary alicyclic amines) is 1. The lowest BCUT2D eigenvalue weighted by Crippen LogP contribution is -2.67. The van der Waals surface area contributed by atoms with Gasteiger partial charge < -0.3 is 19.1 Å². The first-order valence-corrected chi connectivity index (χ1v) is 11.3. The van der Waals surface area contributed by atoms with Crippen molar-refractivity contribution in [3.05, 3.63) is 58.9 Å². The number of aryl methyl sites for hydroxylation is 2. The molecule has 2 saturated heterocycles. The highest BCUT2D eigenvalue weighted by atomic mass is 16.5. The van der Waals surface area contributed by atoms with Crippen LogP contribution in [-0.2, 0) is 33.7 Å². The van der Waals surface area contributed by atoms with Crippen LogP contribution in [-0.4, -0.2) is 53.8 Å². The first-order valence-electron chi connectivity index (χ1n) is 11.3. The van der Waals surface area contributed by atoms with Gasteiger partial charge in [0.1, 0.15) is 11.4 Å². The number of amides is 1. The molecule has 1 spiro atoms. The Bertz CT molecular complexity index is 954. The number of carbonyl (C=O) groups excluding carboxylic acids is 1. The second-order valence-electron chi connectivity index (χ2n) is 9.05. The molecule has 2 aromatic rings. The summed E-state index contributed by atoms with van der Waals surface area (Å²) >= 11 is 0. The maximum absolute atomic E-state index is 12.8. The van der Waals surface area contributed by atoms with E-state index in [1.807, 2.05) is 42.2 Å². The van der Waals surface area contributed by atoms with Crippen molar-refractivity contribution in [1.29, 1.82) is 0 Å². The Kier molecular flexibility index (Phi) is 5.67. The fourth-order valence-corrected chi connectivity index (χ4v) is 4.86. The summed E-state index contributed by atoms with van der Waals surface area (Å²) in [5.74, 6) is 1.13. The Balaban J connectivity index is 1.12. The predicted octanol–water partition coefficient (Wildman–Crippen LogP) is 3.23. The fourth-order valence-electron chi connectivity index (χ4n) is 4.86. The molecule has 4 heterocycles. The third-order valence-electron chi connectivity index (χ3n) is 6.50. The Morgan fingerprint density at radius 1 is 1.26 bits per heavy atom. The third-order valence-corrected chi connectivity index (χ3v) is 6.50. The normalized spacial score (nSPS) is 21.8. The van der Waals surface area contributed by atoms with Crippen LogP contribution in [0.4, 0.5) is 0 Å². The standard InChI is InChI=1S/C25H30N2O4/c1-18-4-2-6-21(26-18)15-30-22-9-11-31-25(14-22)16-27(17-25)24(28)13-19-7-8-23-20(12-19)5-3-10-29-23/h2,4,6-8,12,22H,3,5,9-11,13-17H2,1H3/t22-/m0/s1. The second kappa shape index (κ2) is 8.60. The zero-order valence-corrected chi connectivity index (χ0v) is 18.1. The molecule has 0 radical (unpaired) electrons. The van der Waals surface area contributed by atoms with E-state index in [0.29, 0.717) is 32.7 Å². The molecule has 0 unspecified atom stereocenters. The lowest BCUT2D eigenvalue weighted by Gasteiger charge is -2.53. The number of rotatable bonds is 5. The number of aromatic nitrogens is 1. The van der Waals surface area contributed by atoms with E-state index in [0.717, 1.165) is 55.0 Å². The molecule has 0 bridgehead atoms. The van der Waals surface area contributed by atoms with Crippen molar-refractivity contribution >= 4 is 5.91 Å². The van der Waals surface area contributed by atoms with Gasteiger partial charge in [-0.3, -0.25) is 9.78 Å². The monoisotopic (exact) mass is 422 g/mol. The van der Waals surface area contributed by atoms with Gasteiger partial charge in [-0.25, -0.2) is 0 Å². The Morgan fingerprint density at radius 2 is 2.16 bits per heavy atom. The molecule has 3 aliphatic heterocycles. The van der Waals surface area contributed by atoms with Crippen molar-refractivity contribution in [3.8, 4) is 5.75 Å². The van der Waals surface area contributed by atoms with Gasteiger partial charge in [-0.1, -0.05) is 18.2 Å². The molecule has 1 aromatic carbocycles. The summed E-state index contributed by atoms with van der Waals surface area (Å²) in [5.41, 5.74) is 4.00. The zero-order valence-electron chi connectivity index (χ0n) is 18.1. The molecule has 0 saturated carbocycles. The molecule has 6 heteroatoms. The lowest BCUT2D eigenvalue weighted by molar-refractivity contribution is -0.202. The Labute approximate surface area is 183 Å². The van der Waals surface area contributed by atoms with Crippen molar-refractivity contribution in [2.45, 2.75) is 57.3 Å². The predicted molar refractivity (Wildman–Crippen MR) is 116 cm³/mol. The fraction of sp³-hybridized carbons (Fsp3) is 0.520. The molecule has 2 fully saturated rings. The number of nitrogens with zero attached hydrogens (tertiary/aromatic N) is 2. The largest absolute Gasteiger partial charge is 0.493 e. The maximum Gasteiger partial charge on any atom is 0.227 e. The van der Waals surface area contributed by atoms with E-state index in [2.05, 4.69) is 11.1 Å². The van der Waals surface area contributed by atoms with Crippen LogP contribution in [0, 0.1) is 6.92 Å². The van der Waals surface area contributed by atoms with E-state index in [1.165, 1.54) is 5.56 Å². The van der Waals surface area contributed by atoms with Gasteiger partial charge in [0.2, 0.25) is 5.91 Å². The highest BCUT2D eigenvalue weighted by Crippen LogP contribution is 2.36. The molecule has 164 valence electrons. The van der Waals surface area contributed by atoms with E-state index in [9.17, 15) is 4.79 Å². The minimum atomic E-state index is -0.248. The highest BCUT2D eigenvalue weighted by molar-refractivity contribution is 5.80. The minimum Gasteiger partial charge on any atom is -0.493 e. The van der Waals surface area contributed by atoms with Crippen LogP contribution in [0.2, 0.25) is 0 Å². The van der Waals surface area contributed by atoms with Crippen LogP contribution in [0.25, 0.3) is 0 Å². The van der Waals surface area contributed by atoms with Crippen molar-refractivity contribution in [3.63, 3.8) is 0 Å². The van der Waals surface area contributed by atoms with Crippen LogP contribution in [0.15, 0.2) is 36.4 Å². The molecule has 1 aromatic heterocycles. The van der Waals surface area contributed by atoms with Crippen molar-refractivity contribution in [1.82, 2.24) is 9.88 Å². The number of pyridine rings is 1. The SMILES string of the molecule is Cc1cccc(CO[C@H]2CCOC3(C2)CN(C(=O)Cc2ccc4c(c2)CCCO4)C3)n1. The molecular weight excluding hydrogens is 392 g/mol. The number of hydrogen-bond donors (Lipinski definition) is 0. The van der Waals surface area contributed by atoms with E-state index >= 15 is 0 Å². The van der Waals surface area contributed by atoms with Crippen molar-refractivity contribution in [2.24, 2.45) is 0 Å². The zero-order chi connectivity index (χ0) is 21.3. The van der Waals surface area contributed by atoms with Crippen LogP contribution < -0.4 is 4.74 Å². The van der Waals surface area contributed by atoms with E-state index in [4.69, 9.17) is 14.2 Å². The summed E-state index contributed by atoms with van der Waals surface area (Å²) in [6.45, 7) is 5.29. The van der Waals surface area contributed by atoms with Gasteiger partial charge in [-0.05, 0) is 55.5 Å². The lowest BCUT2D eigenvalue weighted by atomic mass is 9.84. The van der Waals surface area contributed by atoms with E-state index in [-0.39, 0.29) is 17.6 Å². The highest BCUT2D eigenvalue weighted by Gasteiger charge is 2.49. The van der Waals surface area contributed by atoms with E-state index < -0.39 is 0 Å². The quantitative estimate of drug-likeness (QED) is 0.740. The summed E-state index contributed by atoms with van der Waals surface area (Å²) in [6.07, 6.45) is 4.37. The van der Waals surface area contributed by atoms with Gasteiger partial charge in [0.25, 0.3) is 0 Å². The van der Waals surface area contributed by atoms with Crippen LogP contribution >= 0.6 is 0 Å². The number of benzene rings is 1. The number of fused-ring (bicyclic) bond motifs is 1. The summed E-state index contributed by atoms with van der Waals surface area (Å²) in [7, 11) is 0. The van der Waals surface area contributed by atoms with Gasteiger partial charge in [0.15, 0.2) is 0 Å². The Morgan fingerprint density at radius 3 is 3.03 bits per heavy atom. The first kappa shape index (κ1) is 20.5. The number of carbonyl (C=O) groups is 1. The molecule has 1 atom stereocenters. The summed E-state index contributed by atoms with van der Waals surface area (Å²) < 4.78 is 17.9. The Hall–Kier alpha value is -2.44. The van der Waals surface area contributed by atoms with Gasteiger partial charge in [-0.2, -0.15) is 0 Å². The molecule has 0 N–H and O–H groups in total. The topological polar surface area (TPSA) is 60.9 Å². The van der Waals surface area contributed by atoms with Crippen LogP contribution in [0.5, 0.6) is 5.75 Å². The van der Waals surface area contributed by atoms with Crippen molar-refractivity contribution < 1.29 is 19.0 Å². The average molecular weight is 423 g/mol. The second-order valence-corrected chi connectivity index (χ2v) is 9.05. The first-order chi connectivity index (χ1) is 15.1. The summed E-state index contributed by atoms with van der Waals surface area (Å²) in [4.78, 5) is 19.2. The minimum absolute atomic E-state index is 0.147. The van der Waals surface area contributed by atoms with Gasteiger partial charge >= 0.3 is 0 Å².